The number of nitrogens with zero attached hydrogens (tertiary/aromatic N) is 2. The van der Waals surface area contributed by atoms with Crippen molar-refractivity contribution in [3.63, 3.8) is 0 Å². The Morgan fingerprint density at radius 3 is 2.63 bits per heavy atom. The number of carbonyl (C=O) groups is 2. The van der Waals surface area contributed by atoms with Gasteiger partial charge in [0.15, 0.2) is 5.69 Å². The molecule has 0 aliphatic carbocycles. The van der Waals surface area contributed by atoms with E-state index in [1.165, 1.54) is 6.26 Å². The molecular formula is C19H33N3O5. The Kier molecular flexibility index (Phi) is 11.4. The lowest BCUT2D eigenvalue weighted by atomic mass is 9.97. The number of ether oxygens (including phenoxy) is 2. The van der Waals surface area contributed by atoms with Crippen molar-refractivity contribution in [3.05, 3.63) is 17.8 Å². The average molecular weight is 383 g/mol. The number of methoxy groups -OCH3 is 2. The molecule has 2 amide bonds. The highest BCUT2D eigenvalue weighted by molar-refractivity contribution is 5.91. The molecule has 0 aliphatic rings. The number of aromatic nitrogens is 1. The smallest absolute Gasteiger partial charge is 0.273 e. The molecule has 0 saturated carbocycles. The fraction of sp³-hybridized carbons (Fsp3) is 0.737. The van der Waals surface area contributed by atoms with Crippen molar-refractivity contribution in [2.45, 2.75) is 46.1 Å². The molecule has 1 unspecified atom stereocenters. The van der Waals surface area contributed by atoms with E-state index in [0.717, 1.165) is 25.7 Å². The van der Waals surface area contributed by atoms with Crippen molar-refractivity contribution >= 4 is 11.8 Å². The summed E-state index contributed by atoms with van der Waals surface area (Å²) >= 11 is 0. The van der Waals surface area contributed by atoms with E-state index in [1.807, 2.05) is 6.92 Å². The van der Waals surface area contributed by atoms with Crippen molar-refractivity contribution < 1.29 is 23.5 Å². The number of unbranched alkanes of at least 4 members (excludes halogenated alkanes) is 1. The van der Waals surface area contributed by atoms with Gasteiger partial charge in [-0.05, 0) is 12.8 Å². The lowest BCUT2D eigenvalue weighted by Crippen LogP contribution is -2.38. The molecule has 1 atom stereocenters. The van der Waals surface area contributed by atoms with E-state index >= 15 is 0 Å². The molecule has 0 radical (unpaired) electrons. The highest BCUT2D eigenvalue weighted by Crippen LogP contribution is 2.18. The number of hydrogen-bond donors (Lipinski definition) is 1. The van der Waals surface area contributed by atoms with Crippen LogP contribution in [0, 0.1) is 5.92 Å². The van der Waals surface area contributed by atoms with E-state index in [4.69, 9.17) is 13.9 Å². The number of rotatable bonds is 14. The van der Waals surface area contributed by atoms with Crippen LogP contribution in [0.4, 0.5) is 0 Å². The fourth-order valence-corrected chi connectivity index (χ4v) is 2.69. The molecule has 1 heterocycles. The Bertz CT molecular complexity index is 561. The maximum absolute atomic E-state index is 12.9. The third-order valence-corrected chi connectivity index (χ3v) is 4.33. The molecule has 0 aliphatic heterocycles. The predicted octanol–water partition coefficient (Wildman–Crippen LogP) is 2.24. The molecule has 0 fully saturated rings. The topological polar surface area (TPSA) is 93.9 Å². The minimum atomic E-state index is -0.328. The van der Waals surface area contributed by atoms with Gasteiger partial charge in [-0.3, -0.25) is 9.59 Å². The van der Waals surface area contributed by atoms with Gasteiger partial charge in [-0.25, -0.2) is 4.98 Å². The lowest BCUT2D eigenvalue weighted by molar-refractivity contribution is -0.137. The first-order valence-electron chi connectivity index (χ1n) is 9.56. The second kappa shape index (κ2) is 13.3. The number of oxazole rings is 1. The van der Waals surface area contributed by atoms with Crippen LogP contribution in [0.3, 0.4) is 0 Å². The van der Waals surface area contributed by atoms with Gasteiger partial charge < -0.3 is 24.1 Å². The summed E-state index contributed by atoms with van der Waals surface area (Å²) in [5.74, 6) is 0.0637. The molecule has 0 saturated heterocycles. The molecular weight excluding hydrogens is 350 g/mol. The van der Waals surface area contributed by atoms with Crippen molar-refractivity contribution in [2.75, 3.05) is 40.5 Å². The normalized spacial score (nSPS) is 12.0. The van der Waals surface area contributed by atoms with Crippen LogP contribution in [-0.4, -0.2) is 62.2 Å². The van der Waals surface area contributed by atoms with Crippen LogP contribution in [-0.2, 0) is 20.8 Å². The lowest BCUT2D eigenvalue weighted by Gasteiger charge is -2.25. The summed E-state index contributed by atoms with van der Waals surface area (Å²) in [4.78, 5) is 30.8. The zero-order valence-electron chi connectivity index (χ0n) is 17.0. The highest BCUT2D eigenvalue weighted by atomic mass is 16.5. The maximum Gasteiger partial charge on any atom is 0.273 e. The summed E-state index contributed by atoms with van der Waals surface area (Å²) in [6, 6.07) is 0. The molecule has 8 heteroatoms. The summed E-state index contributed by atoms with van der Waals surface area (Å²) in [7, 11) is 3.17. The quantitative estimate of drug-likeness (QED) is 0.495. The maximum atomic E-state index is 12.9. The highest BCUT2D eigenvalue weighted by Gasteiger charge is 2.24. The van der Waals surface area contributed by atoms with Crippen molar-refractivity contribution in [1.82, 2.24) is 15.2 Å². The monoisotopic (exact) mass is 383 g/mol. The minimum Gasteiger partial charge on any atom is -0.446 e. The summed E-state index contributed by atoms with van der Waals surface area (Å²) in [6.45, 7) is 6.07. The fourth-order valence-electron chi connectivity index (χ4n) is 2.69. The molecule has 27 heavy (non-hydrogen) atoms. The largest absolute Gasteiger partial charge is 0.446 e. The number of nitrogens with one attached hydrogen (secondary N) is 1. The van der Waals surface area contributed by atoms with E-state index < -0.39 is 0 Å². The Balaban J connectivity index is 2.75. The number of hydrogen-bond acceptors (Lipinski definition) is 6. The third kappa shape index (κ3) is 8.09. The van der Waals surface area contributed by atoms with Gasteiger partial charge >= 0.3 is 0 Å². The molecule has 0 spiro atoms. The Hall–Kier alpha value is -1.93. The van der Waals surface area contributed by atoms with Gasteiger partial charge in [0.25, 0.3) is 5.91 Å². The van der Waals surface area contributed by atoms with Crippen LogP contribution < -0.4 is 5.32 Å². The number of carbonyl (C=O) groups excluding carboxylic acids is 2. The average Bonchev–Trinajstić information content (AvgIpc) is 3.14. The summed E-state index contributed by atoms with van der Waals surface area (Å²) in [5.41, 5.74) is 0.193. The van der Waals surface area contributed by atoms with Gasteiger partial charge in [0.05, 0.1) is 19.8 Å². The molecule has 1 N–H and O–H groups in total. The Morgan fingerprint density at radius 1 is 1.26 bits per heavy atom. The summed E-state index contributed by atoms with van der Waals surface area (Å²) in [6.07, 6.45) is 5.05. The van der Waals surface area contributed by atoms with Crippen molar-refractivity contribution in [2.24, 2.45) is 5.92 Å². The molecule has 1 rings (SSSR count). The first-order valence-corrected chi connectivity index (χ1v) is 9.56. The first kappa shape index (κ1) is 23.1. The van der Waals surface area contributed by atoms with E-state index in [2.05, 4.69) is 17.2 Å². The summed E-state index contributed by atoms with van der Waals surface area (Å²) in [5, 5.41) is 2.69. The molecule has 1 aromatic rings. The SMILES string of the molecule is CCCCC(CC)C(=O)N(CCOC)Cc1nc(C(=O)NCCOC)co1. The van der Waals surface area contributed by atoms with E-state index in [-0.39, 0.29) is 30.0 Å². The Labute approximate surface area is 161 Å². The van der Waals surface area contributed by atoms with Crippen molar-refractivity contribution in [1.29, 1.82) is 0 Å². The van der Waals surface area contributed by atoms with Crippen LogP contribution in [0.5, 0.6) is 0 Å². The van der Waals surface area contributed by atoms with Gasteiger partial charge in [-0.15, -0.1) is 0 Å². The van der Waals surface area contributed by atoms with Crippen LogP contribution >= 0.6 is 0 Å². The van der Waals surface area contributed by atoms with Crippen LogP contribution in [0.15, 0.2) is 10.7 Å². The van der Waals surface area contributed by atoms with Gasteiger partial charge in [0.2, 0.25) is 11.8 Å². The van der Waals surface area contributed by atoms with E-state index in [1.54, 1.807) is 19.1 Å². The second-order valence-electron chi connectivity index (χ2n) is 6.38. The standard InChI is InChI=1S/C19H33N3O5/c1-5-7-8-15(6-2)19(24)22(10-12-26-4)13-17-21-16(14-27-17)18(23)20-9-11-25-3/h14-15H,5-13H2,1-4H3,(H,20,23). The molecule has 0 aromatic carbocycles. The third-order valence-electron chi connectivity index (χ3n) is 4.33. The summed E-state index contributed by atoms with van der Waals surface area (Å²) < 4.78 is 15.4. The minimum absolute atomic E-state index is 0.0198. The first-order chi connectivity index (χ1) is 13.1. The molecule has 0 bridgehead atoms. The van der Waals surface area contributed by atoms with E-state index in [9.17, 15) is 9.59 Å². The van der Waals surface area contributed by atoms with Crippen LogP contribution in [0.25, 0.3) is 0 Å². The Morgan fingerprint density at radius 2 is 2.00 bits per heavy atom. The van der Waals surface area contributed by atoms with Gasteiger partial charge in [-0.1, -0.05) is 26.7 Å². The van der Waals surface area contributed by atoms with Crippen LogP contribution in [0.2, 0.25) is 0 Å². The van der Waals surface area contributed by atoms with Crippen molar-refractivity contribution in [3.8, 4) is 0 Å². The van der Waals surface area contributed by atoms with Gasteiger partial charge in [0, 0.05) is 33.2 Å². The molecule has 8 nitrogen and oxygen atoms in total. The predicted molar refractivity (Wildman–Crippen MR) is 101 cm³/mol. The van der Waals surface area contributed by atoms with Gasteiger partial charge in [-0.2, -0.15) is 0 Å². The zero-order valence-corrected chi connectivity index (χ0v) is 17.0. The zero-order chi connectivity index (χ0) is 20.1. The molecule has 154 valence electrons. The molecule has 1 aromatic heterocycles. The van der Waals surface area contributed by atoms with E-state index in [0.29, 0.717) is 32.2 Å². The number of amides is 2. The second-order valence-corrected chi connectivity index (χ2v) is 6.38. The van der Waals surface area contributed by atoms with Gasteiger partial charge in [0.1, 0.15) is 6.26 Å². The van der Waals surface area contributed by atoms with Crippen LogP contribution in [0.1, 0.15) is 55.9 Å².